The van der Waals surface area contributed by atoms with Gasteiger partial charge in [0, 0.05) is 25.6 Å². The Morgan fingerprint density at radius 3 is 2.38 bits per heavy atom. The Bertz CT molecular complexity index is 197. The van der Waals surface area contributed by atoms with Crippen molar-refractivity contribution in [2.45, 2.75) is 24.5 Å². The summed E-state index contributed by atoms with van der Waals surface area (Å²) in [6.45, 7) is 1.26. The highest BCUT2D eigenvalue weighted by molar-refractivity contribution is 5.13. The molecule has 0 radical (unpaired) electrons. The first-order valence-corrected chi connectivity index (χ1v) is 4.73. The maximum absolute atomic E-state index is 10.1. The van der Waals surface area contributed by atoms with Gasteiger partial charge in [-0.05, 0) is 12.8 Å². The molecule has 13 heavy (non-hydrogen) atoms. The van der Waals surface area contributed by atoms with E-state index >= 15 is 0 Å². The van der Waals surface area contributed by atoms with Crippen LogP contribution in [0.3, 0.4) is 0 Å². The Labute approximate surface area is 77.9 Å². The van der Waals surface area contributed by atoms with Gasteiger partial charge in [-0.25, -0.2) is 0 Å². The summed E-state index contributed by atoms with van der Waals surface area (Å²) >= 11 is 0. The normalized spacial score (nSPS) is 42.2. The van der Waals surface area contributed by atoms with Crippen LogP contribution in [0.4, 0.5) is 0 Å². The summed E-state index contributed by atoms with van der Waals surface area (Å²) in [5.41, 5.74) is -1.00. The van der Waals surface area contributed by atoms with E-state index in [4.69, 9.17) is 4.74 Å². The van der Waals surface area contributed by atoms with Crippen LogP contribution in [0.5, 0.6) is 0 Å². The summed E-state index contributed by atoms with van der Waals surface area (Å²) in [7, 11) is 1.68. The molecule has 3 N–H and O–H groups in total. The van der Waals surface area contributed by atoms with E-state index in [0.717, 1.165) is 12.8 Å². The van der Waals surface area contributed by atoms with E-state index in [0.29, 0.717) is 13.1 Å². The summed E-state index contributed by atoms with van der Waals surface area (Å²) in [6, 6.07) is 0. The Hall–Kier alpha value is -0.160. The molecule has 76 valence electrons. The second-order valence-corrected chi connectivity index (χ2v) is 4.34. The number of rotatable bonds is 3. The van der Waals surface area contributed by atoms with Gasteiger partial charge in [-0.15, -0.1) is 0 Å². The highest BCUT2D eigenvalue weighted by Crippen LogP contribution is 2.51. The van der Waals surface area contributed by atoms with Crippen LogP contribution in [-0.4, -0.2) is 48.7 Å². The quantitative estimate of drug-likeness (QED) is 0.536. The third-order valence-electron chi connectivity index (χ3n) is 3.69. The molecule has 1 aliphatic heterocycles. The van der Waals surface area contributed by atoms with Crippen molar-refractivity contribution in [3.63, 3.8) is 0 Å². The third-order valence-corrected chi connectivity index (χ3v) is 3.69. The molecule has 0 aromatic rings. The second-order valence-electron chi connectivity index (χ2n) is 4.34. The standard InChI is InChI=1S/C9H17NO3/c1-13-7-2-8(3-7,6-11)9(12)4-10-5-9/h7,10-12H,2-6H2,1H3. The van der Waals surface area contributed by atoms with Gasteiger partial charge in [-0.1, -0.05) is 0 Å². The predicted molar refractivity (Wildman–Crippen MR) is 47.4 cm³/mol. The van der Waals surface area contributed by atoms with Crippen LogP contribution < -0.4 is 5.32 Å². The van der Waals surface area contributed by atoms with Crippen LogP contribution in [0.1, 0.15) is 12.8 Å². The first kappa shape index (κ1) is 9.40. The first-order valence-electron chi connectivity index (χ1n) is 4.73. The van der Waals surface area contributed by atoms with Gasteiger partial charge in [0.05, 0.1) is 18.3 Å². The van der Waals surface area contributed by atoms with Crippen molar-refractivity contribution in [1.82, 2.24) is 5.32 Å². The SMILES string of the molecule is COC1CC(CO)(C2(O)CNC2)C1. The van der Waals surface area contributed by atoms with Gasteiger partial charge in [-0.3, -0.25) is 0 Å². The van der Waals surface area contributed by atoms with E-state index < -0.39 is 5.60 Å². The van der Waals surface area contributed by atoms with Gasteiger partial charge >= 0.3 is 0 Å². The molecule has 2 fully saturated rings. The van der Waals surface area contributed by atoms with E-state index in [1.807, 2.05) is 0 Å². The van der Waals surface area contributed by atoms with Gasteiger partial charge in [0.25, 0.3) is 0 Å². The van der Waals surface area contributed by atoms with Crippen molar-refractivity contribution in [3.05, 3.63) is 0 Å². The van der Waals surface area contributed by atoms with Crippen molar-refractivity contribution >= 4 is 0 Å². The van der Waals surface area contributed by atoms with Crippen molar-refractivity contribution in [2.24, 2.45) is 5.41 Å². The van der Waals surface area contributed by atoms with Crippen molar-refractivity contribution in [1.29, 1.82) is 0 Å². The van der Waals surface area contributed by atoms with Gasteiger partial charge < -0.3 is 20.3 Å². The zero-order chi connectivity index (χ0) is 9.53. The highest BCUT2D eigenvalue weighted by Gasteiger charge is 2.60. The molecule has 0 aromatic carbocycles. The number of aliphatic hydroxyl groups excluding tert-OH is 1. The summed E-state index contributed by atoms with van der Waals surface area (Å²) in [6.07, 6.45) is 1.77. The maximum Gasteiger partial charge on any atom is 0.0974 e. The molecule has 0 unspecified atom stereocenters. The number of nitrogens with one attached hydrogen (secondary N) is 1. The lowest BCUT2D eigenvalue weighted by Crippen LogP contribution is -2.73. The number of hydrogen-bond donors (Lipinski definition) is 3. The molecule has 0 aromatic heterocycles. The Morgan fingerprint density at radius 2 is 2.08 bits per heavy atom. The fraction of sp³-hybridized carbons (Fsp3) is 1.00. The molecule has 0 atom stereocenters. The Balaban J connectivity index is 2.02. The van der Waals surface area contributed by atoms with Gasteiger partial charge in [0.15, 0.2) is 0 Å². The van der Waals surface area contributed by atoms with Crippen molar-refractivity contribution in [2.75, 3.05) is 26.8 Å². The number of aliphatic hydroxyl groups is 2. The summed E-state index contributed by atoms with van der Waals surface area (Å²) < 4.78 is 5.16. The van der Waals surface area contributed by atoms with E-state index in [1.165, 1.54) is 0 Å². The molecule has 1 saturated heterocycles. The number of methoxy groups -OCH3 is 1. The minimum absolute atomic E-state index is 0.0606. The minimum atomic E-state index is -0.698. The third kappa shape index (κ3) is 1.13. The van der Waals surface area contributed by atoms with Gasteiger partial charge in [-0.2, -0.15) is 0 Å². The fourth-order valence-corrected chi connectivity index (χ4v) is 2.37. The topological polar surface area (TPSA) is 61.7 Å². The summed E-state index contributed by atoms with van der Waals surface area (Å²) in [4.78, 5) is 0. The van der Waals surface area contributed by atoms with Crippen LogP contribution in [0.25, 0.3) is 0 Å². The maximum atomic E-state index is 10.1. The fourth-order valence-electron chi connectivity index (χ4n) is 2.37. The van der Waals surface area contributed by atoms with Crippen LogP contribution in [0.15, 0.2) is 0 Å². The monoisotopic (exact) mass is 187 g/mol. The molecular weight excluding hydrogens is 170 g/mol. The van der Waals surface area contributed by atoms with E-state index in [1.54, 1.807) is 7.11 Å². The largest absolute Gasteiger partial charge is 0.396 e. The smallest absolute Gasteiger partial charge is 0.0974 e. The molecule has 1 saturated carbocycles. The van der Waals surface area contributed by atoms with E-state index in [-0.39, 0.29) is 18.1 Å². The number of hydrogen-bond acceptors (Lipinski definition) is 4. The average Bonchev–Trinajstić information content (AvgIpc) is 2.01. The van der Waals surface area contributed by atoms with E-state index in [2.05, 4.69) is 5.32 Å². The molecule has 4 heteroatoms. The lowest BCUT2D eigenvalue weighted by molar-refractivity contribution is -0.215. The lowest BCUT2D eigenvalue weighted by atomic mass is 9.55. The zero-order valence-corrected chi connectivity index (χ0v) is 7.92. The lowest BCUT2D eigenvalue weighted by Gasteiger charge is -2.59. The van der Waals surface area contributed by atoms with Crippen molar-refractivity contribution in [3.8, 4) is 0 Å². The van der Waals surface area contributed by atoms with E-state index in [9.17, 15) is 10.2 Å². The van der Waals surface area contributed by atoms with Crippen LogP contribution in [0.2, 0.25) is 0 Å². The number of ether oxygens (including phenoxy) is 1. The number of β-amino-alcohol motifs (C(OH)–C–C–N with tert-alkyl or cyclic N) is 1. The summed E-state index contributed by atoms with van der Waals surface area (Å²) in [5.74, 6) is 0. The molecule has 0 amide bonds. The Kier molecular flexibility index (Phi) is 2.11. The molecule has 0 bridgehead atoms. The predicted octanol–water partition coefficient (Wildman–Crippen LogP) is -0.892. The molecule has 1 aliphatic carbocycles. The Morgan fingerprint density at radius 1 is 1.46 bits per heavy atom. The van der Waals surface area contributed by atoms with Crippen LogP contribution in [0, 0.1) is 5.41 Å². The molecule has 0 spiro atoms. The van der Waals surface area contributed by atoms with Gasteiger partial charge in [0.2, 0.25) is 0 Å². The molecular formula is C9H17NO3. The zero-order valence-electron chi connectivity index (χ0n) is 7.92. The average molecular weight is 187 g/mol. The minimum Gasteiger partial charge on any atom is -0.396 e. The molecule has 1 heterocycles. The first-order chi connectivity index (χ1) is 6.16. The van der Waals surface area contributed by atoms with Crippen LogP contribution in [-0.2, 0) is 4.74 Å². The molecule has 2 rings (SSSR count). The van der Waals surface area contributed by atoms with Gasteiger partial charge in [0.1, 0.15) is 0 Å². The second kappa shape index (κ2) is 2.92. The van der Waals surface area contributed by atoms with Crippen LogP contribution >= 0.6 is 0 Å². The summed E-state index contributed by atoms with van der Waals surface area (Å²) in [5, 5.41) is 22.5. The molecule has 4 nitrogen and oxygen atoms in total. The van der Waals surface area contributed by atoms with Crippen molar-refractivity contribution < 1.29 is 14.9 Å². The molecule has 2 aliphatic rings. The highest BCUT2D eigenvalue weighted by atomic mass is 16.5.